The maximum Gasteiger partial charge on any atom is 0.267 e. The molecule has 1 amide bonds. The molecular formula is C16H14N2O2S2. The first kappa shape index (κ1) is 14.7. The summed E-state index contributed by atoms with van der Waals surface area (Å²) in [5, 5.41) is 7.78. The lowest BCUT2D eigenvalue weighted by atomic mass is 10.3. The molecule has 6 heteroatoms. The molecule has 1 N–H and O–H groups in total. The number of ether oxygens (including phenoxy) is 1. The van der Waals surface area contributed by atoms with Crippen molar-refractivity contribution in [2.24, 2.45) is 0 Å². The van der Waals surface area contributed by atoms with Gasteiger partial charge in [-0.15, -0.1) is 11.3 Å². The zero-order chi connectivity index (χ0) is 15.5. The number of hydrogen-bond donors (Lipinski definition) is 1. The molecule has 0 fully saturated rings. The first-order chi connectivity index (χ1) is 10.7. The van der Waals surface area contributed by atoms with Gasteiger partial charge in [-0.3, -0.25) is 4.79 Å². The van der Waals surface area contributed by atoms with Crippen LogP contribution < -0.4 is 10.1 Å². The molecule has 0 saturated heterocycles. The van der Waals surface area contributed by atoms with E-state index in [1.54, 1.807) is 18.4 Å². The number of rotatable bonds is 4. The lowest BCUT2D eigenvalue weighted by molar-refractivity contribution is 0.102. The average molecular weight is 330 g/mol. The number of thiophene rings is 1. The minimum absolute atomic E-state index is 0.166. The van der Waals surface area contributed by atoms with Gasteiger partial charge in [-0.05, 0) is 30.5 Å². The summed E-state index contributed by atoms with van der Waals surface area (Å²) < 4.78 is 5.25. The molecule has 112 valence electrons. The molecule has 3 aromatic rings. The fourth-order valence-corrected chi connectivity index (χ4v) is 3.72. The van der Waals surface area contributed by atoms with Crippen LogP contribution in [-0.4, -0.2) is 18.0 Å². The van der Waals surface area contributed by atoms with Crippen molar-refractivity contribution in [2.75, 3.05) is 12.4 Å². The summed E-state index contributed by atoms with van der Waals surface area (Å²) in [5.41, 5.74) is 2.44. The Morgan fingerprint density at radius 2 is 2.09 bits per heavy atom. The number of para-hydroxylation sites is 2. The molecule has 0 atom stereocenters. The van der Waals surface area contributed by atoms with Crippen LogP contribution in [0.2, 0.25) is 0 Å². The standard InChI is InChI=1S/C16H14N2O2S2/c1-10-14(22-16(17-10)11-7-8-21-9-11)15(19)18-12-5-3-4-6-13(12)20-2/h3-9H,1-2H3,(H,18,19). The van der Waals surface area contributed by atoms with E-state index < -0.39 is 0 Å². The van der Waals surface area contributed by atoms with Gasteiger partial charge < -0.3 is 10.1 Å². The van der Waals surface area contributed by atoms with E-state index in [9.17, 15) is 4.79 Å². The molecule has 0 aliphatic carbocycles. The zero-order valence-electron chi connectivity index (χ0n) is 12.1. The number of carbonyl (C=O) groups is 1. The van der Waals surface area contributed by atoms with Gasteiger partial charge in [-0.25, -0.2) is 4.98 Å². The van der Waals surface area contributed by atoms with Crippen molar-refractivity contribution < 1.29 is 9.53 Å². The van der Waals surface area contributed by atoms with Gasteiger partial charge in [0.1, 0.15) is 15.6 Å². The minimum atomic E-state index is -0.166. The van der Waals surface area contributed by atoms with E-state index in [-0.39, 0.29) is 5.91 Å². The van der Waals surface area contributed by atoms with Gasteiger partial charge >= 0.3 is 0 Å². The highest BCUT2D eigenvalue weighted by atomic mass is 32.1. The predicted molar refractivity (Wildman–Crippen MR) is 91.1 cm³/mol. The van der Waals surface area contributed by atoms with Crippen molar-refractivity contribution in [1.82, 2.24) is 4.98 Å². The van der Waals surface area contributed by atoms with Gasteiger partial charge in [0.2, 0.25) is 0 Å². The Kier molecular flexibility index (Phi) is 4.22. The Balaban J connectivity index is 1.87. The van der Waals surface area contributed by atoms with E-state index in [4.69, 9.17) is 4.74 Å². The van der Waals surface area contributed by atoms with E-state index >= 15 is 0 Å². The van der Waals surface area contributed by atoms with E-state index in [2.05, 4.69) is 10.3 Å². The molecule has 0 radical (unpaired) electrons. The van der Waals surface area contributed by atoms with Gasteiger partial charge in [0, 0.05) is 10.9 Å². The lowest BCUT2D eigenvalue weighted by Crippen LogP contribution is -2.12. The van der Waals surface area contributed by atoms with Gasteiger partial charge in [0.25, 0.3) is 5.91 Å². The van der Waals surface area contributed by atoms with Crippen LogP contribution in [0.25, 0.3) is 10.6 Å². The number of anilines is 1. The smallest absolute Gasteiger partial charge is 0.267 e. The van der Waals surface area contributed by atoms with Gasteiger partial charge in [0.15, 0.2) is 0 Å². The molecule has 3 rings (SSSR count). The second-order valence-corrected chi connectivity index (χ2v) is 6.38. The summed E-state index contributed by atoms with van der Waals surface area (Å²) in [6.45, 7) is 1.85. The highest BCUT2D eigenvalue weighted by molar-refractivity contribution is 7.17. The zero-order valence-corrected chi connectivity index (χ0v) is 13.8. The monoisotopic (exact) mass is 330 g/mol. The maximum atomic E-state index is 12.5. The van der Waals surface area contributed by atoms with Crippen LogP contribution in [0.4, 0.5) is 5.69 Å². The first-order valence-corrected chi connectivity index (χ1v) is 8.39. The summed E-state index contributed by atoms with van der Waals surface area (Å²) in [4.78, 5) is 17.6. The number of aromatic nitrogens is 1. The number of amides is 1. The number of nitrogens with zero attached hydrogens (tertiary/aromatic N) is 1. The van der Waals surface area contributed by atoms with Crippen molar-refractivity contribution in [3.05, 3.63) is 51.7 Å². The third-order valence-corrected chi connectivity index (χ3v) is 5.01. The number of aryl methyl sites for hydroxylation is 1. The van der Waals surface area contributed by atoms with Crippen LogP contribution in [-0.2, 0) is 0 Å². The Bertz CT molecular complexity index is 794. The molecule has 0 aliphatic heterocycles. The van der Waals surface area contributed by atoms with Crippen molar-refractivity contribution in [3.8, 4) is 16.3 Å². The highest BCUT2D eigenvalue weighted by Gasteiger charge is 2.17. The third kappa shape index (κ3) is 2.88. The summed E-state index contributed by atoms with van der Waals surface area (Å²) in [6, 6.07) is 9.35. The van der Waals surface area contributed by atoms with Crippen molar-refractivity contribution in [2.45, 2.75) is 6.92 Å². The van der Waals surface area contributed by atoms with E-state index in [0.29, 0.717) is 16.3 Å². The normalized spacial score (nSPS) is 10.5. The fraction of sp³-hybridized carbons (Fsp3) is 0.125. The minimum Gasteiger partial charge on any atom is -0.495 e. The van der Waals surface area contributed by atoms with Crippen molar-refractivity contribution in [3.63, 3.8) is 0 Å². The van der Waals surface area contributed by atoms with Crippen LogP contribution >= 0.6 is 22.7 Å². The molecule has 0 bridgehead atoms. The lowest BCUT2D eigenvalue weighted by Gasteiger charge is -2.08. The molecular weight excluding hydrogens is 316 g/mol. The number of carbonyl (C=O) groups excluding carboxylic acids is 1. The van der Waals surface area contributed by atoms with Crippen LogP contribution in [0, 0.1) is 6.92 Å². The van der Waals surface area contributed by atoms with Crippen molar-refractivity contribution in [1.29, 1.82) is 0 Å². The highest BCUT2D eigenvalue weighted by Crippen LogP contribution is 2.31. The maximum absolute atomic E-state index is 12.5. The largest absolute Gasteiger partial charge is 0.495 e. The van der Waals surface area contributed by atoms with Crippen LogP contribution in [0.15, 0.2) is 41.1 Å². The van der Waals surface area contributed by atoms with Gasteiger partial charge in [0.05, 0.1) is 18.5 Å². The van der Waals surface area contributed by atoms with Gasteiger partial charge in [-0.2, -0.15) is 11.3 Å². The van der Waals surface area contributed by atoms with Crippen LogP contribution in [0.3, 0.4) is 0 Å². The van der Waals surface area contributed by atoms with Gasteiger partial charge in [-0.1, -0.05) is 12.1 Å². The van der Waals surface area contributed by atoms with Crippen LogP contribution in [0.1, 0.15) is 15.4 Å². The van der Waals surface area contributed by atoms with Crippen LogP contribution in [0.5, 0.6) is 5.75 Å². The first-order valence-electron chi connectivity index (χ1n) is 6.63. The SMILES string of the molecule is COc1ccccc1NC(=O)c1sc(-c2ccsc2)nc1C. The van der Waals surface area contributed by atoms with E-state index in [1.165, 1.54) is 11.3 Å². The second-order valence-electron chi connectivity index (χ2n) is 4.60. The molecule has 1 aromatic carbocycles. The Morgan fingerprint density at radius 3 is 2.82 bits per heavy atom. The Hall–Kier alpha value is -2.18. The molecule has 2 heterocycles. The molecule has 0 spiro atoms. The number of methoxy groups -OCH3 is 1. The molecule has 2 aromatic heterocycles. The van der Waals surface area contributed by atoms with Crippen molar-refractivity contribution >= 4 is 34.3 Å². The number of thiazole rings is 1. The number of nitrogens with one attached hydrogen (secondary N) is 1. The Morgan fingerprint density at radius 1 is 1.27 bits per heavy atom. The number of hydrogen-bond acceptors (Lipinski definition) is 5. The number of benzene rings is 1. The van der Waals surface area contributed by atoms with E-state index in [0.717, 1.165) is 16.3 Å². The molecule has 0 unspecified atom stereocenters. The quantitative estimate of drug-likeness (QED) is 0.769. The predicted octanol–water partition coefficient (Wildman–Crippen LogP) is 4.44. The topological polar surface area (TPSA) is 51.2 Å². The molecule has 22 heavy (non-hydrogen) atoms. The average Bonchev–Trinajstić information content (AvgIpc) is 3.17. The third-order valence-electron chi connectivity index (χ3n) is 3.13. The molecule has 0 saturated carbocycles. The fourth-order valence-electron chi connectivity index (χ4n) is 2.04. The summed E-state index contributed by atoms with van der Waals surface area (Å²) in [7, 11) is 1.58. The molecule has 0 aliphatic rings. The summed E-state index contributed by atoms with van der Waals surface area (Å²) in [6.07, 6.45) is 0. The molecule has 4 nitrogen and oxygen atoms in total. The Labute approximate surface area is 136 Å². The van der Waals surface area contributed by atoms with E-state index in [1.807, 2.05) is 48.0 Å². The summed E-state index contributed by atoms with van der Waals surface area (Å²) in [5.74, 6) is 0.469. The summed E-state index contributed by atoms with van der Waals surface area (Å²) >= 11 is 3.02. The second kappa shape index (κ2) is 6.29.